The van der Waals surface area contributed by atoms with Crippen molar-refractivity contribution < 1.29 is 4.12 Å². The molecule has 0 saturated carbocycles. The van der Waals surface area contributed by atoms with Crippen LogP contribution in [0.1, 0.15) is 0 Å². The van der Waals surface area contributed by atoms with Gasteiger partial charge in [-0.2, -0.15) is 0 Å². The van der Waals surface area contributed by atoms with Gasteiger partial charge in [-0.1, -0.05) is 0 Å². The quantitative estimate of drug-likeness (QED) is 0.534. The molecule has 0 unspecified atom stereocenters. The van der Waals surface area contributed by atoms with Gasteiger partial charge in [0.2, 0.25) is 8.32 Å². The highest BCUT2D eigenvalue weighted by molar-refractivity contribution is 6.93. The van der Waals surface area contributed by atoms with E-state index in [0.717, 1.165) is 0 Å². The average Bonchev–Trinajstić information content (AvgIpc) is 1.56. The van der Waals surface area contributed by atoms with Crippen LogP contribution in [0.4, 0.5) is 0 Å². The van der Waals surface area contributed by atoms with E-state index in [1.807, 2.05) is 0 Å². The molecule has 0 aromatic carbocycles. The van der Waals surface area contributed by atoms with E-state index in [-0.39, 0.29) is 4.46 Å². The first kappa shape index (κ1) is 12.0. The highest BCUT2D eigenvalue weighted by atomic mass is 35.5. The Bertz CT molecular complexity index is 131. The van der Waals surface area contributed by atoms with E-state index in [2.05, 4.69) is 32.7 Å². The average molecular weight is 231 g/mol. The molecule has 0 aliphatic heterocycles. The van der Waals surface area contributed by atoms with Crippen LogP contribution >= 0.6 is 23.2 Å². The number of halogens is 2. The Labute approximate surface area is 81.3 Å². The minimum Gasteiger partial charge on any atom is -0.454 e. The third-order valence-corrected chi connectivity index (χ3v) is 9.85. The molecule has 0 aliphatic carbocycles. The van der Waals surface area contributed by atoms with Crippen LogP contribution < -0.4 is 0 Å². The zero-order valence-corrected chi connectivity index (χ0v) is 11.3. The summed E-state index contributed by atoms with van der Waals surface area (Å²) in [4.78, 5) is 0. The van der Waals surface area contributed by atoms with E-state index in [4.69, 9.17) is 27.3 Å². The molecule has 0 saturated heterocycles. The van der Waals surface area contributed by atoms with Crippen LogP contribution in [0.25, 0.3) is 0 Å². The molecule has 0 radical (unpaired) electrons. The van der Waals surface area contributed by atoms with Gasteiger partial charge in [-0.25, -0.2) is 0 Å². The number of alkyl halides is 2. The molecule has 68 valence electrons. The second kappa shape index (κ2) is 3.79. The normalized spacial score (nSPS) is 14.2. The number of hydrogen-bond acceptors (Lipinski definition) is 1. The first-order chi connectivity index (χ1) is 4.65. The molecular weight excluding hydrogens is 215 g/mol. The minimum absolute atomic E-state index is 0.325. The number of hydrogen-bond donors (Lipinski definition) is 0. The maximum absolute atomic E-state index is 5.90. The maximum atomic E-state index is 5.90. The van der Waals surface area contributed by atoms with Crippen LogP contribution in [-0.2, 0) is 4.12 Å². The molecule has 0 spiro atoms. The lowest BCUT2D eigenvalue weighted by Gasteiger charge is -2.32. The Kier molecular flexibility index (Phi) is 4.12. The van der Waals surface area contributed by atoms with Gasteiger partial charge in [0.25, 0.3) is 0 Å². The fraction of sp³-hybridized carbons (Fsp3) is 1.00. The predicted molar refractivity (Wildman–Crippen MR) is 57.4 cm³/mol. The van der Waals surface area contributed by atoms with E-state index in [1.54, 1.807) is 0 Å². The van der Waals surface area contributed by atoms with E-state index in [9.17, 15) is 0 Å². The van der Waals surface area contributed by atoms with Crippen molar-refractivity contribution in [1.82, 2.24) is 0 Å². The van der Waals surface area contributed by atoms with Gasteiger partial charge in [0.05, 0.1) is 0 Å². The van der Waals surface area contributed by atoms with Crippen molar-refractivity contribution in [2.45, 2.75) is 37.2 Å². The fourth-order valence-corrected chi connectivity index (χ4v) is 8.31. The smallest absolute Gasteiger partial charge is 0.208 e. The van der Waals surface area contributed by atoms with Gasteiger partial charge in [0.15, 0.2) is 8.32 Å². The van der Waals surface area contributed by atoms with Crippen LogP contribution in [0, 0.1) is 0 Å². The third kappa shape index (κ3) is 5.25. The van der Waals surface area contributed by atoms with Crippen LogP contribution in [0.3, 0.4) is 0 Å². The number of rotatable bonds is 3. The Balaban J connectivity index is 4.13. The minimum atomic E-state index is -1.82. The lowest BCUT2D eigenvalue weighted by atomic mass is 11.8. The Hall–Kier alpha value is 0.974. The SMILES string of the molecule is C[Si](C)(C)O[Si](C)(C)C(Cl)Cl. The van der Waals surface area contributed by atoms with Gasteiger partial charge in [-0.3, -0.25) is 0 Å². The van der Waals surface area contributed by atoms with Gasteiger partial charge in [-0.05, 0) is 32.7 Å². The van der Waals surface area contributed by atoms with Crippen LogP contribution in [0.2, 0.25) is 32.7 Å². The van der Waals surface area contributed by atoms with Gasteiger partial charge in [-0.15, -0.1) is 23.2 Å². The largest absolute Gasteiger partial charge is 0.454 e. The summed E-state index contributed by atoms with van der Waals surface area (Å²) >= 11 is 11.6. The Morgan fingerprint density at radius 3 is 1.45 bits per heavy atom. The monoisotopic (exact) mass is 230 g/mol. The second-order valence-electron chi connectivity index (χ2n) is 4.12. The lowest BCUT2D eigenvalue weighted by molar-refractivity contribution is 0.554. The summed E-state index contributed by atoms with van der Waals surface area (Å²) in [5, 5.41) is 0. The van der Waals surface area contributed by atoms with Gasteiger partial charge >= 0.3 is 0 Å². The van der Waals surface area contributed by atoms with Gasteiger partial charge in [0, 0.05) is 0 Å². The van der Waals surface area contributed by atoms with Crippen molar-refractivity contribution in [3.8, 4) is 0 Å². The molecule has 0 atom stereocenters. The predicted octanol–water partition coefficient (Wildman–Crippen LogP) is 3.39. The summed E-state index contributed by atoms with van der Waals surface area (Å²) in [5.41, 5.74) is 0. The molecule has 0 aromatic rings. The molecule has 0 bridgehead atoms. The highest BCUT2D eigenvalue weighted by Crippen LogP contribution is 2.23. The van der Waals surface area contributed by atoms with Crippen molar-refractivity contribution in [3.63, 3.8) is 0 Å². The van der Waals surface area contributed by atoms with E-state index >= 15 is 0 Å². The molecule has 0 aromatic heterocycles. The first-order valence-electron chi connectivity index (χ1n) is 3.63. The Morgan fingerprint density at radius 1 is 1.00 bits per heavy atom. The molecule has 0 N–H and O–H groups in total. The maximum Gasteiger partial charge on any atom is 0.208 e. The van der Waals surface area contributed by atoms with E-state index in [0.29, 0.717) is 0 Å². The van der Waals surface area contributed by atoms with Crippen molar-refractivity contribution >= 4 is 39.8 Å². The lowest BCUT2D eigenvalue weighted by Crippen LogP contribution is -2.47. The molecule has 11 heavy (non-hydrogen) atoms. The second-order valence-corrected chi connectivity index (χ2v) is 14.8. The molecular formula is C6H16Cl2OSi2. The van der Waals surface area contributed by atoms with Crippen molar-refractivity contribution in [3.05, 3.63) is 0 Å². The zero-order chi connectivity index (χ0) is 9.28. The molecule has 0 fully saturated rings. The summed E-state index contributed by atoms with van der Waals surface area (Å²) in [6.07, 6.45) is 0. The summed E-state index contributed by atoms with van der Waals surface area (Å²) in [6, 6.07) is 0. The summed E-state index contributed by atoms with van der Waals surface area (Å²) in [5.74, 6) is 0. The van der Waals surface area contributed by atoms with E-state index in [1.165, 1.54) is 0 Å². The van der Waals surface area contributed by atoms with Crippen LogP contribution in [0.5, 0.6) is 0 Å². The van der Waals surface area contributed by atoms with Gasteiger partial charge in [0.1, 0.15) is 4.46 Å². The van der Waals surface area contributed by atoms with Crippen LogP contribution in [-0.4, -0.2) is 21.1 Å². The van der Waals surface area contributed by atoms with Crippen molar-refractivity contribution in [1.29, 1.82) is 0 Å². The Morgan fingerprint density at radius 2 is 1.36 bits per heavy atom. The summed E-state index contributed by atoms with van der Waals surface area (Å²) in [6.45, 7) is 10.6. The summed E-state index contributed by atoms with van der Waals surface area (Å²) in [7, 11) is -3.29. The third-order valence-electron chi connectivity index (χ3n) is 1.09. The fourth-order valence-electron chi connectivity index (χ4n) is 0.834. The molecule has 1 nitrogen and oxygen atoms in total. The molecule has 0 rings (SSSR count). The standard InChI is InChI=1S/C6H16Cl2OSi2/c1-10(2,3)9-11(4,5)6(7)8/h6H,1-5H3. The van der Waals surface area contributed by atoms with Gasteiger partial charge < -0.3 is 4.12 Å². The molecule has 5 heteroatoms. The zero-order valence-electron chi connectivity index (χ0n) is 7.74. The van der Waals surface area contributed by atoms with Crippen LogP contribution in [0.15, 0.2) is 0 Å². The van der Waals surface area contributed by atoms with Crippen molar-refractivity contribution in [2.24, 2.45) is 0 Å². The first-order valence-corrected chi connectivity index (χ1v) is 10.9. The molecule has 0 aliphatic rings. The van der Waals surface area contributed by atoms with E-state index < -0.39 is 16.6 Å². The summed E-state index contributed by atoms with van der Waals surface area (Å²) < 4.78 is 5.58. The molecule has 0 heterocycles. The molecule has 0 amide bonds. The topological polar surface area (TPSA) is 9.23 Å². The highest BCUT2D eigenvalue weighted by Gasteiger charge is 2.35. The van der Waals surface area contributed by atoms with Crippen molar-refractivity contribution in [2.75, 3.05) is 0 Å².